The number of piperidine rings is 1. The molecule has 1 saturated heterocycles. The maximum Gasteiger partial charge on any atom is 0.334 e. The van der Waals surface area contributed by atoms with Gasteiger partial charge in [0.1, 0.15) is 5.69 Å². The van der Waals surface area contributed by atoms with Crippen molar-refractivity contribution >= 4 is 22.5 Å². The average Bonchev–Trinajstić information content (AvgIpc) is 3.04. The van der Waals surface area contributed by atoms with Crippen molar-refractivity contribution in [2.45, 2.75) is 18.9 Å². The zero-order chi connectivity index (χ0) is 20.3. The third-order valence-electron chi connectivity index (χ3n) is 6.24. The number of rotatable bonds is 2. The highest BCUT2D eigenvalue weighted by Gasteiger charge is 2.38. The number of fused-ring (bicyclic) bond motifs is 5. The van der Waals surface area contributed by atoms with E-state index in [0.29, 0.717) is 25.3 Å². The summed E-state index contributed by atoms with van der Waals surface area (Å²) in [5.41, 5.74) is 1.50. The predicted molar refractivity (Wildman–Crippen MR) is 107 cm³/mol. The lowest BCUT2D eigenvalue weighted by molar-refractivity contribution is -0.386. The van der Waals surface area contributed by atoms with Gasteiger partial charge < -0.3 is 14.0 Å². The van der Waals surface area contributed by atoms with Crippen LogP contribution in [-0.2, 0) is 13.6 Å². The minimum Gasteiger partial charge on any atom is -0.340 e. The Kier molecular flexibility index (Phi) is 3.84. The minimum absolute atomic E-state index is 0.00892. The number of nitrogens with zero attached hydrogens (tertiary/aromatic N) is 4. The van der Waals surface area contributed by atoms with Crippen LogP contribution >= 0.6 is 0 Å². The van der Waals surface area contributed by atoms with Crippen LogP contribution < -0.4 is 5.56 Å². The van der Waals surface area contributed by atoms with Gasteiger partial charge in [-0.15, -0.1) is 0 Å². The molecule has 2 bridgehead atoms. The van der Waals surface area contributed by atoms with Crippen LogP contribution in [0, 0.1) is 16.0 Å². The summed E-state index contributed by atoms with van der Waals surface area (Å²) in [4.78, 5) is 38.1. The molecule has 0 spiro atoms. The molecular formula is C21H20N4O4. The quantitative estimate of drug-likeness (QED) is 0.495. The van der Waals surface area contributed by atoms with E-state index >= 15 is 0 Å². The molecule has 2 aromatic heterocycles. The topological polar surface area (TPSA) is 90.4 Å². The maximum absolute atomic E-state index is 13.3. The molecule has 2 aliphatic rings. The molecule has 8 nitrogen and oxygen atoms in total. The number of likely N-dealkylation sites (tertiary alicyclic amines) is 1. The molecule has 2 aliphatic heterocycles. The number of carbonyl (C=O) groups is 1. The summed E-state index contributed by atoms with van der Waals surface area (Å²) in [6.45, 7) is 1.46. The van der Waals surface area contributed by atoms with Crippen LogP contribution in [0.4, 0.5) is 5.69 Å². The summed E-state index contributed by atoms with van der Waals surface area (Å²) < 4.78 is 3.46. The predicted octanol–water partition coefficient (Wildman–Crippen LogP) is 2.51. The fourth-order valence-electron chi connectivity index (χ4n) is 4.90. The van der Waals surface area contributed by atoms with Crippen molar-refractivity contribution in [2.24, 2.45) is 13.0 Å². The first-order chi connectivity index (χ1) is 13.9. The third-order valence-corrected chi connectivity index (χ3v) is 6.24. The molecular weight excluding hydrogens is 372 g/mol. The highest BCUT2D eigenvalue weighted by atomic mass is 16.6. The lowest BCUT2D eigenvalue weighted by Crippen LogP contribution is -2.49. The van der Waals surface area contributed by atoms with Gasteiger partial charge in [-0.1, -0.05) is 18.2 Å². The Labute approximate surface area is 166 Å². The molecule has 0 aliphatic carbocycles. The number of para-hydroxylation sites is 1. The second kappa shape index (κ2) is 6.30. The van der Waals surface area contributed by atoms with Gasteiger partial charge in [-0.3, -0.25) is 19.7 Å². The van der Waals surface area contributed by atoms with E-state index in [-0.39, 0.29) is 17.7 Å². The van der Waals surface area contributed by atoms with Crippen LogP contribution in [0.15, 0.2) is 47.3 Å². The van der Waals surface area contributed by atoms with Gasteiger partial charge in [0.25, 0.3) is 5.91 Å². The second-order valence-electron chi connectivity index (χ2n) is 7.97. The van der Waals surface area contributed by atoms with E-state index in [4.69, 9.17) is 0 Å². The van der Waals surface area contributed by atoms with Crippen molar-refractivity contribution in [3.63, 3.8) is 0 Å². The monoisotopic (exact) mass is 392 g/mol. The molecule has 5 rings (SSSR count). The highest BCUT2D eigenvalue weighted by molar-refractivity contribution is 5.98. The number of amides is 1. The zero-order valence-corrected chi connectivity index (χ0v) is 15.9. The number of hydrogen-bond acceptors (Lipinski definition) is 4. The number of carbonyl (C=O) groups excluding carboxylic acids is 1. The molecule has 2 atom stereocenters. The maximum atomic E-state index is 13.3. The molecule has 0 unspecified atom stereocenters. The number of aryl methyl sites for hydroxylation is 1. The molecule has 0 radical (unpaired) electrons. The van der Waals surface area contributed by atoms with Gasteiger partial charge in [0.2, 0.25) is 0 Å². The summed E-state index contributed by atoms with van der Waals surface area (Å²) in [6.07, 6.45) is 0.885. The SMILES string of the molecule is Cn1c(C(=O)N2C[C@H]3C[C@@H](C2)c2ccc([N+](=O)[O-])c(=O)n2C3)cc2ccccc21. The molecule has 148 valence electrons. The van der Waals surface area contributed by atoms with Crippen LogP contribution in [0.3, 0.4) is 0 Å². The fraction of sp³-hybridized carbons (Fsp3) is 0.333. The Balaban J connectivity index is 1.48. The summed E-state index contributed by atoms with van der Waals surface area (Å²) in [5.74, 6) is 0.102. The second-order valence-corrected chi connectivity index (χ2v) is 7.97. The van der Waals surface area contributed by atoms with Gasteiger partial charge in [0.15, 0.2) is 0 Å². The molecule has 3 aromatic rings. The molecule has 4 heterocycles. The molecule has 0 N–H and O–H groups in total. The number of aromatic nitrogens is 2. The largest absolute Gasteiger partial charge is 0.340 e. The third kappa shape index (κ3) is 2.66. The normalized spacial score (nSPS) is 20.5. The molecule has 29 heavy (non-hydrogen) atoms. The van der Waals surface area contributed by atoms with Gasteiger partial charge in [0.05, 0.1) is 4.92 Å². The van der Waals surface area contributed by atoms with Crippen LogP contribution in [0.1, 0.15) is 28.5 Å². The van der Waals surface area contributed by atoms with Gasteiger partial charge in [-0.25, -0.2) is 0 Å². The van der Waals surface area contributed by atoms with Crippen LogP contribution in [0.5, 0.6) is 0 Å². The fourth-order valence-corrected chi connectivity index (χ4v) is 4.90. The number of benzene rings is 1. The summed E-state index contributed by atoms with van der Waals surface area (Å²) in [7, 11) is 1.90. The van der Waals surface area contributed by atoms with Crippen molar-refractivity contribution in [1.82, 2.24) is 14.0 Å². The van der Waals surface area contributed by atoms with Crippen LogP contribution in [0.2, 0.25) is 0 Å². The van der Waals surface area contributed by atoms with E-state index in [2.05, 4.69) is 0 Å². The summed E-state index contributed by atoms with van der Waals surface area (Å²) >= 11 is 0. The van der Waals surface area contributed by atoms with Crippen molar-refractivity contribution in [3.05, 3.63) is 74.3 Å². The number of nitro groups is 1. The Bertz CT molecular complexity index is 1230. The molecule has 1 amide bonds. The smallest absolute Gasteiger partial charge is 0.334 e. The number of hydrogen-bond donors (Lipinski definition) is 0. The van der Waals surface area contributed by atoms with E-state index in [0.717, 1.165) is 23.0 Å². The first-order valence-electron chi connectivity index (χ1n) is 9.66. The first-order valence-corrected chi connectivity index (χ1v) is 9.66. The Hall–Kier alpha value is -3.42. The molecule has 1 fully saturated rings. The Morgan fingerprint density at radius 2 is 1.93 bits per heavy atom. The van der Waals surface area contributed by atoms with Crippen molar-refractivity contribution < 1.29 is 9.72 Å². The zero-order valence-electron chi connectivity index (χ0n) is 15.9. The van der Waals surface area contributed by atoms with Crippen molar-refractivity contribution in [1.29, 1.82) is 0 Å². The molecule has 0 saturated carbocycles. The van der Waals surface area contributed by atoms with E-state index in [9.17, 15) is 19.7 Å². The van der Waals surface area contributed by atoms with E-state index in [1.807, 2.05) is 46.8 Å². The molecule has 1 aromatic carbocycles. The van der Waals surface area contributed by atoms with Crippen molar-refractivity contribution in [2.75, 3.05) is 13.1 Å². The van der Waals surface area contributed by atoms with Gasteiger partial charge in [0, 0.05) is 55.3 Å². The Morgan fingerprint density at radius 3 is 2.69 bits per heavy atom. The standard InChI is InChI=1S/C21H20N4O4/c1-22-16-5-3-2-4-14(16)9-19(22)20(26)23-10-13-8-15(12-23)17-6-7-18(25(28)29)21(27)24(17)11-13/h2-7,9,13,15H,8,10-12H2,1H3/t13-,15+/m1/s1. The Morgan fingerprint density at radius 1 is 1.14 bits per heavy atom. The average molecular weight is 392 g/mol. The summed E-state index contributed by atoms with van der Waals surface area (Å²) in [5, 5.41) is 12.1. The van der Waals surface area contributed by atoms with Gasteiger partial charge in [-0.05, 0) is 30.5 Å². The van der Waals surface area contributed by atoms with Crippen molar-refractivity contribution in [3.8, 4) is 0 Å². The van der Waals surface area contributed by atoms with Gasteiger partial charge in [-0.2, -0.15) is 0 Å². The molecule has 8 heteroatoms. The first kappa shape index (κ1) is 17.7. The van der Waals surface area contributed by atoms with Crippen LogP contribution in [-0.4, -0.2) is 38.0 Å². The van der Waals surface area contributed by atoms with E-state index in [1.165, 1.54) is 10.6 Å². The minimum atomic E-state index is -0.629. The van der Waals surface area contributed by atoms with E-state index < -0.39 is 16.2 Å². The highest BCUT2D eigenvalue weighted by Crippen LogP contribution is 2.36. The summed E-state index contributed by atoms with van der Waals surface area (Å²) in [6, 6.07) is 12.8. The number of pyridine rings is 1. The lowest BCUT2D eigenvalue weighted by Gasteiger charge is -2.42. The lowest BCUT2D eigenvalue weighted by atomic mass is 9.83. The van der Waals surface area contributed by atoms with Gasteiger partial charge >= 0.3 is 11.2 Å². The van der Waals surface area contributed by atoms with E-state index in [1.54, 1.807) is 6.07 Å². The van der Waals surface area contributed by atoms with Crippen LogP contribution in [0.25, 0.3) is 10.9 Å².